The van der Waals surface area contributed by atoms with Gasteiger partial charge in [-0.05, 0) is 24.6 Å². The fraction of sp³-hybridized carbons (Fsp3) is 0.385. The topological polar surface area (TPSA) is 37.4 Å². The van der Waals surface area contributed by atoms with Crippen molar-refractivity contribution in [1.29, 1.82) is 0 Å². The van der Waals surface area contributed by atoms with Crippen molar-refractivity contribution in [3.05, 3.63) is 34.3 Å². The summed E-state index contributed by atoms with van der Waals surface area (Å²) in [5, 5.41) is 0. The van der Waals surface area contributed by atoms with Gasteiger partial charge in [0.25, 0.3) is 0 Å². The Hall–Kier alpha value is -1.16. The van der Waals surface area contributed by atoms with E-state index in [0.717, 1.165) is 10.0 Å². The highest BCUT2D eigenvalue weighted by molar-refractivity contribution is 9.10. The molecule has 1 aromatic rings. The third-order valence-electron chi connectivity index (χ3n) is 3.15. The van der Waals surface area contributed by atoms with Crippen LogP contribution in [-0.2, 0) is 9.59 Å². The number of likely N-dealkylation sites (tertiary alicyclic amines) is 1. The molecule has 17 heavy (non-hydrogen) atoms. The van der Waals surface area contributed by atoms with Gasteiger partial charge in [0, 0.05) is 16.8 Å². The van der Waals surface area contributed by atoms with Crippen LogP contribution in [0.5, 0.6) is 0 Å². The Morgan fingerprint density at radius 1 is 1.29 bits per heavy atom. The fourth-order valence-electron chi connectivity index (χ4n) is 2.11. The molecule has 0 spiro atoms. The largest absolute Gasteiger partial charge is 0.275 e. The first kappa shape index (κ1) is 12.3. The predicted octanol–water partition coefficient (Wildman–Crippen LogP) is 2.91. The van der Waals surface area contributed by atoms with Crippen LogP contribution in [0.3, 0.4) is 0 Å². The summed E-state index contributed by atoms with van der Waals surface area (Å²) in [7, 11) is 0. The molecule has 0 N–H and O–H groups in total. The second kappa shape index (κ2) is 4.61. The molecule has 4 heteroatoms. The van der Waals surface area contributed by atoms with E-state index in [-0.39, 0.29) is 23.8 Å². The van der Waals surface area contributed by atoms with Crippen LogP contribution in [0.15, 0.2) is 28.7 Å². The molecule has 2 amide bonds. The maximum Gasteiger partial charge on any atom is 0.233 e. The monoisotopic (exact) mass is 295 g/mol. The zero-order chi connectivity index (χ0) is 12.6. The standard InChI is InChI=1S/C13H14BrNO2/c1-8-7-12(16)15(13(8)17)9(2)10-3-5-11(14)6-4-10/h3-6,8-9H,7H2,1-2H3/t8?,9-/m1/s1. The van der Waals surface area contributed by atoms with Crippen LogP contribution in [0.4, 0.5) is 0 Å². The molecule has 3 nitrogen and oxygen atoms in total. The molecule has 90 valence electrons. The molecule has 2 rings (SSSR count). The van der Waals surface area contributed by atoms with Gasteiger partial charge in [-0.15, -0.1) is 0 Å². The molecule has 1 unspecified atom stereocenters. The van der Waals surface area contributed by atoms with Crippen molar-refractivity contribution in [1.82, 2.24) is 4.90 Å². The molecule has 1 saturated heterocycles. The minimum Gasteiger partial charge on any atom is -0.275 e. The highest BCUT2D eigenvalue weighted by Crippen LogP contribution is 2.29. The van der Waals surface area contributed by atoms with Gasteiger partial charge in [0.15, 0.2) is 0 Å². The normalized spacial score (nSPS) is 22.1. The molecule has 1 fully saturated rings. The van der Waals surface area contributed by atoms with Gasteiger partial charge in [0.1, 0.15) is 0 Å². The summed E-state index contributed by atoms with van der Waals surface area (Å²) in [5.41, 5.74) is 0.976. The lowest BCUT2D eigenvalue weighted by atomic mass is 10.1. The highest BCUT2D eigenvalue weighted by atomic mass is 79.9. The number of hydrogen-bond acceptors (Lipinski definition) is 2. The van der Waals surface area contributed by atoms with Gasteiger partial charge in [0.05, 0.1) is 6.04 Å². The number of hydrogen-bond donors (Lipinski definition) is 0. The molecule has 1 heterocycles. The Bertz CT molecular complexity index is 455. The fourth-order valence-corrected chi connectivity index (χ4v) is 2.37. The van der Waals surface area contributed by atoms with E-state index in [9.17, 15) is 9.59 Å². The van der Waals surface area contributed by atoms with Crippen LogP contribution in [0.25, 0.3) is 0 Å². The molecule has 1 aliphatic rings. The summed E-state index contributed by atoms with van der Waals surface area (Å²) in [4.78, 5) is 25.0. The maximum absolute atomic E-state index is 11.9. The van der Waals surface area contributed by atoms with E-state index < -0.39 is 0 Å². The van der Waals surface area contributed by atoms with Gasteiger partial charge in [-0.25, -0.2) is 0 Å². The zero-order valence-electron chi connectivity index (χ0n) is 9.81. The Kier molecular flexibility index (Phi) is 3.33. The average molecular weight is 296 g/mol. The average Bonchev–Trinajstić information content (AvgIpc) is 2.53. The minimum absolute atomic E-state index is 0.0644. The highest BCUT2D eigenvalue weighted by Gasteiger charge is 2.38. The van der Waals surface area contributed by atoms with Crippen LogP contribution in [0.1, 0.15) is 31.9 Å². The first-order chi connectivity index (χ1) is 8.00. The lowest BCUT2D eigenvalue weighted by molar-refractivity contribution is -0.141. The van der Waals surface area contributed by atoms with Crippen LogP contribution in [0.2, 0.25) is 0 Å². The summed E-state index contributed by atoms with van der Waals surface area (Å²) < 4.78 is 0.987. The number of carbonyl (C=O) groups excluding carboxylic acids is 2. The van der Waals surface area contributed by atoms with E-state index in [1.807, 2.05) is 31.2 Å². The molecule has 0 bridgehead atoms. The molecular formula is C13H14BrNO2. The first-order valence-corrected chi connectivity index (χ1v) is 6.41. The number of benzene rings is 1. The van der Waals surface area contributed by atoms with E-state index in [0.29, 0.717) is 6.42 Å². The SMILES string of the molecule is CC1CC(=O)N([C@H](C)c2ccc(Br)cc2)C1=O. The molecule has 1 aliphatic heterocycles. The number of carbonyl (C=O) groups is 2. The second-order valence-electron chi connectivity index (χ2n) is 4.43. The molecule has 0 aromatic heterocycles. The molecule has 1 aromatic carbocycles. The quantitative estimate of drug-likeness (QED) is 0.787. The predicted molar refractivity (Wildman–Crippen MR) is 68.2 cm³/mol. The summed E-state index contributed by atoms with van der Waals surface area (Å²) in [6, 6.07) is 7.50. The second-order valence-corrected chi connectivity index (χ2v) is 5.35. The van der Waals surface area contributed by atoms with Crippen molar-refractivity contribution < 1.29 is 9.59 Å². The molecule has 0 saturated carbocycles. The molecular weight excluding hydrogens is 282 g/mol. The summed E-state index contributed by atoms with van der Waals surface area (Å²) in [6.07, 6.45) is 0.333. The number of imide groups is 1. The summed E-state index contributed by atoms with van der Waals surface area (Å²) in [5.74, 6) is -0.316. The van der Waals surface area contributed by atoms with Gasteiger partial charge >= 0.3 is 0 Å². The summed E-state index contributed by atoms with van der Waals surface area (Å²) >= 11 is 3.36. The van der Waals surface area contributed by atoms with Crippen LogP contribution in [-0.4, -0.2) is 16.7 Å². The van der Waals surface area contributed by atoms with E-state index in [1.165, 1.54) is 4.90 Å². The third-order valence-corrected chi connectivity index (χ3v) is 3.68. The van der Waals surface area contributed by atoms with E-state index >= 15 is 0 Å². The number of amides is 2. The smallest absolute Gasteiger partial charge is 0.233 e. The maximum atomic E-state index is 11.9. The molecule has 2 atom stereocenters. The number of nitrogens with zero attached hydrogens (tertiary/aromatic N) is 1. The van der Waals surface area contributed by atoms with Crippen LogP contribution < -0.4 is 0 Å². The van der Waals surface area contributed by atoms with Crippen molar-refractivity contribution >= 4 is 27.7 Å². The van der Waals surface area contributed by atoms with Crippen LogP contribution in [0, 0.1) is 5.92 Å². The lowest BCUT2D eigenvalue weighted by Gasteiger charge is -2.23. The van der Waals surface area contributed by atoms with Crippen molar-refractivity contribution in [2.45, 2.75) is 26.3 Å². The molecule has 0 aliphatic carbocycles. The van der Waals surface area contributed by atoms with E-state index in [4.69, 9.17) is 0 Å². The number of rotatable bonds is 2. The first-order valence-electron chi connectivity index (χ1n) is 5.62. The van der Waals surface area contributed by atoms with Gasteiger partial charge in [-0.1, -0.05) is 35.0 Å². The van der Waals surface area contributed by atoms with Crippen LogP contribution >= 0.6 is 15.9 Å². The zero-order valence-corrected chi connectivity index (χ0v) is 11.4. The van der Waals surface area contributed by atoms with Gasteiger partial charge in [-0.3, -0.25) is 14.5 Å². The van der Waals surface area contributed by atoms with Crippen molar-refractivity contribution in [3.63, 3.8) is 0 Å². The van der Waals surface area contributed by atoms with E-state index in [2.05, 4.69) is 15.9 Å². The molecule has 0 radical (unpaired) electrons. The van der Waals surface area contributed by atoms with Crippen molar-refractivity contribution in [3.8, 4) is 0 Å². The Morgan fingerprint density at radius 2 is 1.88 bits per heavy atom. The van der Waals surface area contributed by atoms with E-state index in [1.54, 1.807) is 6.92 Å². The van der Waals surface area contributed by atoms with Crippen molar-refractivity contribution in [2.24, 2.45) is 5.92 Å². The Balaban J connectivity index is 2.25. The summed E-state index contributed by atoms with van der Waals surface area (Å²) in [6.45, 7) is 3.69. The lowest BCUT2D eigenvalue weighted by Crippen LogP contribution is -2.33. The Labute approximate surface area is 109 Å². The van der Waals surface area contributed by atoms with Gasteiger partial charge < -0.3 is 0 Å². The van der Waals surface area contributed by atoms with Gasteiger partial charge in [0.2, 0.25) is 11.8 Å². The van der Waals surface area contributed by atoms with Crippen molar-refractivity contribution in [2.75, 3.05) is 0 Å². The van der Waals surface area contributed by atoms with Gasteiger partial charge in [-0.2, -0.15) is 0 Å². The minimum atomic E-state index is -0.187. The number of halogens is 1. The third kappa shape index (κ3) is 2.27. The Morgan fingerprint density at radius 3 is 2.35 bits per heavy atom.